The zero-order valence-corrected chi connectivity index (χ0v) is 19.2. The van der Waals surface area contributed by atoms with E-state index >= 15 is 0 Å². The lowest BCUT2D eigenvalue weighted by molar-refractivity contribution is -0.113. The van der Waals surface area contributed by atoms with E-state index in [0.717, 1.165) is 40.2 Å². The van der Waals surface area contributed by atoms with Crippen molar-refractivity contribution in [3.05, 3.63) is 69.8 Å². The Morgan fingerprint density at radius 3 is 2.31 bits per heavy atom. The number of nitrogens with zero attached hydrogens (tertiary/aromatic N) is 1. The molecule has 2 aromatic carbocycles. The van der Waals surface area contributed by atoms with Gasteiger partial charge >= 0.3 is 0 Å². The van der Waals surface area contributed by atoms with Crippen LogP contribution in [-0.2, 0) is 4.79 Å². The molecule has 3 rings (SSSR count). The van der Waals surface area contributed by atoms with E-state index < -0.39 is 0 Å². The molecule has 1 aliphatic rings. The Bertz CT molecular complexity index is 921. The Balaban J connectivity index is 1.89. The average molecular weight is 473 g/mol. The lowest BCUT2D eigenvalue weighted by atomic mass is 9.94. The van der Waals surface area contributed by atoms with E-state index in [4.69, 9.17) is 12.2 Å². The molecule has 1 atom stereocenters. The molecule has 152 valence electrons. The Labute approximate surface area is 185 Å². The molecule has 1 aliphatic heterocycles. The van der Waals surface area contributed by atoms with Crippen LogP contribution in [0.15, 0.2) is 64.3 Å². The molecule has 0 bridgehead atoms. The summed E-state index contributed by atoms with van der Waals surface area (Å²) in [7, 11) is 0. The highest BCUT2D eigenvalue weighted by molar-refractivity contribution is 9.10. The maximum Gasteiger partial charge on any atom is 0.255 e. The van der Waals surface area contributed by atoms with Crippen molar-refractivity contribution in [1.82, 2.24) is 10.6 Å². The minimum Gasteiger partial charge on any atom is -0.372 e. The first-order valence-corrected chi connectivity index (χ1v) is 10.8. The normalized spacial score (nSPS) is 16.1. The van der Waals surface area contributed by atoms with Crippen molar-refractivity contribution in [2.24, 2.45) is 0 Å². The molecule has 0 aromatic heterocycles. The number of carbonyl (C=O) groups excluding carboxylic acids is 1. The van der Waals surface area contributed by atoms with Crippen LogP contribution < -0.4 is 20.9 Å². The highest BCUT2D eigenvalue weighted by Gasteiger charge is 2.30. The highest BCUT2D eigenvalue weighted by Crippen LogP contribution is 2.29. The third kappa shape index (κ3) is 4.97. The average Bonchev–Trinajstić information content (AvgIpc) is 2.70. The van der Waals surface area contributed by atoms with E-state index in [1.54, 1.807) is 0 Å². The number of hydrogen-bond acceptors (Lipinski definition) is 3. The molecule has 2 aromatic rings. The maximum absolute atomic E-state index is 13.1. The van der Waals surface area contributed by atoms with Crippen LogP contribution in [0.4, 0.5) is 11.4 Å². The van der Waals surface area contributed by atoms with Gasteiger partial charge in [0.25, 0.3) is 5.91 Å². The lowest BCUT2D eigenvalue weighted by Gasteiger charge is -2.31. The van der Waals surface area contributed by atoms with Crippen molar-refractivity contribution >= 4 is 50.5 Å². The first-order valence-electron chi connectivity index (χ1n) is 9.63. The van der Waals surface area contributed by atoms with Crippen molar-refractivity contribution < 1.29 is 4.79 Å². The Hall–Kier alpha value is -2.38. The number of carbonyl (C=O) groups is 1. The molecule has 0 aliphatic carbocycles. The summed E-state index contributed by atoms with van der Waals surface area (Å²) in [4.78, 5) is 15.4. The molecule has 0 fully saturated rings. The molecule has 7 heteroatoms. The Morgan fingerprint density at radius 2 is 1.72 bits per heavy atom. The number of benzene rings is 2. The number of rotatable bonds is 6. The van der Waals surface area contributed by atoms with Gasteiger partial charge < -0.3 is 20.9 Å². The molecule has 5 nitrogen and oxygen atoms in total. The number of thiocarbonyl (C=S) groups is 1. The van der Waals surface area contributed by atoms with Gasteiger partial charge in [0.05, 0.1) is 11.6 Å². The van der Waals surface area contributed by atoms with E-state index in [2.05, 4.69) is 74.9 Å². The molecular weight excluding hydrogens is 448 g/mol. The summed E-state index contributed by atoms with van der Waals surface area (Å²) in [6.07, 6.45) is 0. The maximum atomic E-state index is 13.1. The number of allylic oxidation sites excluding steroid dienone is 1. The van der Waals surface area contributed by atoms with Gasteiger partial charge in [-0.15, -0.1) is 0 Å². The molecule has 0 saturated heterocycles. The van der Waals surface area contributed by atoms with Crippen LogP contribution in [0.2, 0.25) is 0 Å². The summed E-state index contributed by atoms with van der Waals surface area (Å²) in [5.74, 6) is -0.162. The largest absolute Gasteiger partial charge is 0.372 e. The fraction of sp³-hybridized carbons (Fsp3) is 0.273. The van der Waals surface area contributed by atoms with Crippen LogP contribution in [0.1, 0.15) is 32.4 Å². The second kappa shape index (κ2) is 9.41. The SMILES string of the molecule is CCN(CC)c1ccc(C2NC(=S)NC(C)=C2C(=O)Nc2ccc(Br)cc2)cc1. The van der Waals surface area contributed by atoms with Crippen molar-refractivity contribution in [3.8, 4) is 0 Å². The van der Waals surface area contributed by atoms with Gasteiger partial charge in [-0.1, -0.05) is 28.1 Å². The van der Waals surface area contributed by atoms with Crippen LogP contribution in [0.3, 0.4) is 0 Å². The smallest absolute Gasteiger partial charge is 0.255 e. The fourth-order valence-electron chi connectivity index (χ4n) is 3.44. The first kappa shape index (κ1) is 21.3. The van der Waals surface area contributed by atoms with Gasteiger partial charge in [-0.3, -0.25) is 4.79 Å². The lowest BCUT2D eigenvalue weighted by Crippen LogP contribution is -2.45. The molecule has 0 radical (unpaired) electrons. The topological polar surface area (TPSA) is 56.4 Å². The van der Waals surface area contributed by atoms with Crippen LogP contribution in [0, 0.1) is 0 Å². The molecular formula is C22H25BrN4OS. The van der Waals surface area contributed by atoms with Gasteiger partial charge in [-0.05, 0) is 75.0 Å². The number of nitrogens with one attached hydrogen (secondary N) is 3. The number of hydrogen-bond donors (Lipinski definition) is 3. The molecule has 29 heavy (non-hydrogen) atoms. The zero-order chi connectivity index (χ0) is 21.0. The molecule has 0 spiro atoms. The van der Waals surface area contributed by atoms with Crippen molar-refractivity contribution in [2.45, 2.75) is 26.8 Å². The minimum atomic E-state index is -0.315. The van der Waals surface area contributed by atoms with Gasteiger partial charge in [0.1, 0.15) is 0 Å². The van der Waals surface area contributed by atoms with Crippen LogP contribution in [0.5, 0.6) is 0 Å². The molecule has 3 N–H and O–H groups in total. The number of halogens is 1. The van der Waals surface area contributed by atoms with E-state index in [0.29, 0.717) is 10.7 Å². The molecule has 0 saturated carbocycles. The van der Waals surface area contributed by atoms with E-state index in [1.807, 2.05) is 31.2 Å². The summed E-state index contributed by atoms with van der Waals surface area (Å²) >= 11 is 8.76. The van der Waals surface area contributed by atoms with Gasteiger partial charge in [-0.25, -0.2) is 0 Å². The number of amides is 1. The van der Waals surface area contributed by atoms with Crippen LogP contribution >= 0.6 is 28.1 Å². The van der Waals surface area contributed by atoms with Gasteiger partial charge in [-0.2, -0.15) is 0 Å². The van der Waals surface area contributed by atoms with Crippen molar-refractivity contribution in [1.29, 1.82) is 0 Å². The summed E-state index contributed by atoms with van der Waals surface area (Å²) in [5, 5.41) is 9.82. The molecule has 1 unspecified atom stereocenters. The molecule has 1 heterocycles. The van der Waals surface area contributed by atoms with Gasteiger partial charge in [0, 0.05) is 34.6 Å². The third-order valence-corrected chi connectivity index (χ3v) is 5.72. The monoisotopic (exact) mass is 472 g/mol. The molecule has 1 amide bonds. The van der Waals surface area contributed by atoms with Crippen molar-refractivity contribution in [3.63, 3.8) is 0 Å². The second-order valence-corrected chi connectivity index (χ2v) is 8.12. The summed E-state index contributed by atoms with van der Waals surface area (Å²) < 4.78 is 0.961. The second-order valence-electron chi connectivity index (χ2n) is 6.79. The van der Waals surface area contributed by atoms with E-state index in [1.165, 1.54) is 0 Å². The summed E-state index contributed by atoms with van der Waals surface area (Å²) in [5.41, 5.74) is 4.27. The van der Waals surface area contributed by atoms with Crippen molar-refractivity contribution in [2.75, 3.05) is 23.3 Å². The van der Waals surface area contributed by atoms with E-state index in [9.17, 15) is 4.79 Å². The first-order chi connectivity index (χ1) is 13.9. The standard InChI is InChI=1S/C22H25BrN4OS/c1-4-27(5-2)18-12-6-15(7-13-18)20-19(14(3)24-22(29)26-20)21(28)25-17-10-8-16(23)9-11-17/h6-13,20H,4-5H2,1-3H3,(H,25,28)(H2,24,26,29). The van der Waals surface area contributed by atoms with Gasteiger partial charge in [0.2, 0.25) is 0 Å². The fourth-order valence-corrected chi connectivity index (χ4v) is 3.98. The highest BCUT2D eigenvalue weighted by atomic mass is 79.9. The zero-order valence-electron chi connectivity index (χ0n) is 16.8. The minimum absolute atomic E-state index is 0.162. The summed E-state index contributed by atoms with van der Waals surface area (Å²) in [6.45, 7) is 8.05. The predicted molar refractivity (Wildman–Crippen MR) is 127 cm³/mol. The third-order valence-electron chi connectivity index (χ3n) is 4.97. The Morgan fingerprint density at radius 1 is 1.10 bits per heavy atom. The Kier molecular flexibility index (Phi) is 6.92. The van der Waals surface area contributed by atoms with Crippen LogP contribution in [-0.4, -0.2) is 24.1 Å². The van der Waals surface area contributed by atoms with E-state index in [-0.39, 0.29) is 11.9 Å². The quantitative estimate of drug-likeness (QED) is 0.530. The van der Waals surface area contributed by atoms with Gasteiger partial charge in [0.15, 0.2) is 5.11 Å². The predicted octanol–water partition coefficient (Wildman–Crippen LogP) is 4.73. The summed E-state index contributed by atoms with van der Waals surface area (Å²) in [6, 6.07) is 15.5. The van der Waals surface area contributed by atoms with Crippen LogP contribution in [0.25, 0.3) is 0 Å². The number of anilines is 2.